The molecule has 25 heavy (non-hydrogen) atoms. The average molecular weight is 351 g/mol. The first-order chi connectivity index (χ1) is 11.6. The van der Waals surface area contributed by atoms with E-state index in [1.165, 1.54) is 6.07 Å². The molecular weight excluding hydrogens is 325 g/mol. The highest BCUT2D eigenvalue weighted by Gasteiger charge is 2.32. The van der Waals surface area contributed by atoms with Crippen LogP contribution in [0.5, 0.6) is 5.75 Å². The normalized spacial score (nSPS) is 17.5. The molecule has 1 unspecified atom stereocenters. The van der Waals surface area contributed by atoms with Crippen LogP contribution in [-0.2, 0) is 4.79 Å². The van der Waals surface area contributed by atoms with Crippen molar-refractivity contribution in [1.82, 2.24) is 16.0 Å². The fourth-order valence-corrected chi connectivity index (χ4v) is 2.67. The van der Waals surface area contributed by atoms with Gasteiger partial charge in [0, 0.05) is 5.54 Å². The Morgan fingerprint density at radius 2 is 1.96 bits per heavy atom. The lowest BCUT2D eigenvalue weighted by Crippen LogP contribution is -2.56. The van der Waals surface area contributed by atoms with E-state index in [1.807, 2.05) is 34.6 Å². The molecule has 7 heteroatoms. The summed E-state index contributed by atoms with van der Waals surface area (Å²) in [7, 11) is 0. The summed E-state index contributed by atoms with van der Waals surface area (Å²) in [5.41, 5.74) is -0.0683. The van der Waals surface area contributed by atoms with Gasteiger partial charge in [-0.05, 0) is 38.8 Å². The highest BCUT2D eigenvalue weighted by Crippen LogP contribution is 2.34. The second-order valence-electron chi connectivity index (χ2n) is 7.59. The summed E-state index contributed by atoms with van der Waals surface area (Å²) < 4.78 is 19.5. The Kier molecular flexibility index (Phi) is 5.55. The molecule has 1 aliphatic rings. The number of carbonyl (C=O) groups is 2. The van der Waals surface area contributed by atoms with Gasteiger partial charge >= 0.3 is 6.03 Å². The van der Waals surface area contributed by atoms with E-state index < -0.39 is 29.5 Å². The number of halogens is 1. The zero-order valence-corrected chi connectivity index (χ0v) is 15.3. The maximum Gasteiger partial charge on any atom is 0.315 e. The minimum Gasteiger partial charge on any atom is -0.491 e. The molecule has 3 N–H and O–H groups in total. The molecule has 0 aliphatic carbocycles. The summed E-state index contributed by atoms with van der Waals surface area (Å²) >= 11 is 0. The zero-order chi connectivity index (χ0) is 18.8. The zero-order valence-electron chi connectivity index (χ0n) is 15.3. The van der Waals surface area contributed by atoms with Crippen LogP contribution in [0, 0.1) is 11.7 Å². The van der Waals surface area contributed by atoms with Crippen LogP contribution in [0.3, 0.4) is 0 Å². The molecule has 0 aromatic heterocycles. The van der Waals surface area contributed by atoms with Crippen LogP contribution in [-0.4, -0.2) is 30.1 Å². The van der Waals surface area contributed by atoms with Crippen molar-refractivity contribution in [3.63, 3.8) is 0 Å². The van der Waals surface area contributed by atoms with Crippen molar-refractivity contribution in [2.24, 2.45) is 5.92 Å². The number of benzene rings is 1. The van der Waals surface area contributed by atoms with Crippen LogP contribution in [0.25, 0.3) is 0 Å². The van der Waals surface area contributed by atoms with Crippen LogP contribution in [0.4, 0.5) is 9.18 Å². The Balaban J connectivity index is 2.06. The molecule has 0 spiro atoms. The summed E-state index contributed by atoms with van der Waals surface area (Å²) in [6, 6.07) is 2.83. The van der Waals surface area contributed by atoms with E-state index in [2.05, 4.69) is 16.0 Å². The molecule has 2 rings (SSSR count). The number of nitrogens with one attached hydrogen (secondary N) is 3. The third kappa shape index (κ3) is 4.84. The van der Waals surface area contributed by atoms with E-state index in [1.54, 1.807) is 12.1 Å². The molecule has 0 saturated heterocycles. The highest BCUT2D eigenvalue weighted by molar-refractivity contribution is 5.87. The molecule has 3 amide bonds. The molecule has 1 aromatic carbocycles. The van der Waals surface area contributed by atoms with Crippen molar-refractivity contribution in [3.05, 3.63) is 29.6 Å². The van der Waals surface area contributed by atoms with Gasteiger partial charge in [0.1, 0.15) is 24.2 Å². The molecule has 0 bridgehead atoms. The smallest absolute Gasteiger partial charge is 0.315 e. The molecule has 1 heterocycles. The van der Waals surface area contributed by atoms with Crippen molar-refractivity contribution < 1.29 is 18.7 Å². The Labute approximate surface area is 147 Å². The maximum atomic E-state index is 14.0. The van der Waals surface area contributed by atoms with Gasteiger partial charge in [0.05, 0.1) is 11.6 Å². The van der Waals surface area contributed by atoms with E-state index >= 15 is 0 Å². The van der Waals surface area contributed by atoms with Gasteiger partial charge in [-0.1, -0.05) is 19.9 Å². The van der Waals surface area contributed by atoms with Gasteiger partial charge in [-0.3, -0.25) is 4.79 Å². The SMILES string of the molecule is CC(C)[C@H](NC(=O)NC(C)(C)C)C(=O)NC1COc2cccc(F)c21. The first-order valence-electron chi connectivity index (χ1n) is 8.39. The van der Waals surface area contributed by atoms with Gasteiger partial charge in [0.15, 0.2) is 0 Å². The summed E-state index contributed by atoms with van der Waals surface area (Å²) in [6.45, 7) is 9.40. The molecule has 1 aromatic rings. The quantitative estimate of drug-likeness (QED) is 0.780. The van der Waals surface area contributed by atoms with Crippen molar-refractivity contribution in [2.45, 2.75) is 52.2 Å². The lowest BCUT2D eigenvalue weighted by atomic mass is 10.0. The van der Waals surface area contributed by atoms with E-state index in [4.69, 9.17) is 4.74 Å². The standard InChI is InChI=1S/C18H26FN3O3/c1-10(2)15(21-17(24)22-18(3,4)5)16(23)20-12-9-25-13-8-6-7-11(19)14(12)13/h6-8,10,12,15H,9H2,1-5H3,(H,20,23)(H2,21,22,24)/t12?,15-/m0/s1. The van der Waals surface area contributed by atoms with Crippen LogP contribution in [0.2, 0.25) is 0 Å². The minimum absolute atomic E-state index is 0.131. The van der Waals surface area contributed by atoms with Gasteiger partial charge in [-0.2, -0.15) is 0 Å². The second-order valence-corrected chi connectivity index (χ2v) is 7.59. The van der Waals surface area contributed by atoms with Crippen molar-refractivity contribution in [2.75, 3.05) is 6.61 Å². The van der Waals surface area contributed by atoms with E-state index in [9.17, 15) is 14.0 Å². The van der Waals surface area contributed by atoms with Crippen molar-refractivity contribution in [1.29, 1.82) is 0 Å². The maximum absolute atomic E-state index is 14.0. The summed E-state index contributed by atoms with van der Waals surface area (Å²) in [6.07, 6.45) is 0. The number of fused-ring (bicyclic) bond motifs is 1. The fraction of sp³-hybridized carbons (Fsp3) is 0.556. The molecule has 0 radical (unpaired) electrons. The van der Waals surface area contributed by atoms with Gasteiger partial charge in [0.25, 0.3) is 0 Å². The third-order valence-electron chi connectivity index (χ3n) is 3.81. The number of ether oxygens (including phenoxy) is 1. The van der Waals surface area contributed by atoms with Crippen LogP contribution < -0.4 is 20.7 Å². The highest BCUT2D eigenvalue weighted by atomic mass is 19.1. The monoisotopic (exact) mass is 351 g/mol. The van der Waals surface area contributed by atoms with Crippen LogP contribution >= 0.6 is 0 Å². The molecule has 0 fully saturated rings. The summed E-state index contributed by atoms with van der Waals surface area (Å²) in [5.74, 6) is -0.485. The van der Waals surface area contributed by atoms with Crippen LogP contribution in [0.15, 0.2) is 18.2 Å². The summed E-state index contributed by atoms with van der Waals surface area (Å²) in [5, 5.41) is 8.23. The lowest BCUT2D eigenvalue weighted by Gasteiger charge is -2.26. The first-order valence-corrected chi connectivity index (χ1v) is 8.39. The molecule has 138 valence electrons. The van der Waals surface area contributed by atoms with Crippen molar-refractivity contribution in [3.8, 4) is 5.75 Å². The molecule has 2 atom stereocenters. The van der Waals surface area contributed by atoms with E-state index in [-0.39, 0.29) is 18.4 Å². The molecule has 0 saturated carbocycles. The lowest BCUT2D eigenvalue weighted by molar-refractivity contribution is -0.124. The molecular formula is C18H26FN3O3. The Morgan fingerprint density at radius 3 is 2.56 bits per heavy atom. The molecule has 6 nitrogen and oxygen atoms in total. The Morgan fingerprint density at radius 1 is 1.28 bits per heavy atom. The minimum atomic E-state index is -0.738. The topological polar surface area (TPSA) is 79.5 Å². The average Bonchev–Trinajstić information content (AvgIpc) is 2.87. The van der Waals surface area contributed by atoms with E-state index in [0.717, 1.165) is 0 Å². The van der Waals surface area contributed by atoms with Crippen molar-refractivity contribution >= 4 is 11.9 Å². The number of amides is 3. The fourth-order valence-electron chi connectivity index (χ4n) is 2.67. The summed E-state index contributed by atoms with van der Waals surface area (Å²) in [4.78, 5) is 24.7. The van der Waals surface area contributed by atoms with Gasteiger partial charge < -0.3 is 20.7 Å². The predicted molar refractivity (Wildman–Crippen MR) is 92.8 cm³/mol. The largest absolute Gasteiger partial charge is 0.491 e. The number of hydrogen-bond donors (Lipinski definition) is 3. The number of hydrogen-bond acceptors (Lipinski definition) is 3. The molecule has 1 aliphatic heterocycles. The first kappa shape index (κ1) is 19.0. The Hall–Kier alpha value is -2.31. The second kappa shape index (κ2) is 7.29. The third-order valence-corrected chi connectivity index (χ3v) is 3.81. The van der Waals surface area contributed by atoms with Gasteiger partial charge in [0.2, 0.25) is 5.91 Å². The number of rotatable bonds is 4. The number of urea groups is 1. The van der Waals surface area contributed by atoms with E-state index in [0.29, 0.717) is 11.3 Å². The predicted octanol–water partition coefficient (Wildman–Crippen LogP) is 2.50. The van der Waals surface area contributed by atoms with Gasteiger partial charge in [-0.25, -0.2) is 9.18 Å². The number of carbonyl (C=O) groups excluding carboxylic acids is 2. The Bertz CT molecular complexity index is 655. The van der Waals surface area contributed by atoms with Crippen LogP contribution in [0.1, 0.15) is 46.2 Å². The van der Waals surface area contributed by atoms with Gasteiger partial charge in [-0.15, -0.1) is 0 Å².